The van der Waals surface area contributed by atoms with Crippen LogP contribution in [0.25, 0.3) is 0 Å². The third-order valence-electron chi connectivity index (χ3n) is 12.8. The maximum Gasteiger partial charge on any atom is 0.220 e. The van der Waals surface area contributed by atoms with Gasteiger partial charge in [-0.15, -0.1) is 0 Å². The Hall–Kier alpha value is -1.91. The van der Waals surface area contributed by atoms with Gasteiger partial charge in [-0.05, 0) is 57.8 Å². The molecule has 4 nitrogen and oxygen atoms in total. The van der Waals surface area contributed by atoms with Crippen LogP contribution < -0.4 is 5.32 Å². The van der Waals surface area contributed by atoms with Crippen molar-refractivity contribution in [2.75, 3.05) is 6.61 Å². The first kappa shape index (κ1) is 61.1. The first-order valence-corrected chi connectivity index (χ1v) is 28.0. The number of hydrogen-bond donors (Lipinski definition) is 3. The van der Waals surface area contributed by atoms with Crippen LogP contribution in [0, 0.1) is 0 Å². The largest absolute Gasteiger partial charge is 0.394 e. The number of rotatable bonds is 51. The van der Waals surface area contributed by atoms with Crippen LogP contribution in [-0.4, -0.2) is 34.9 Å². The molecule has 0 saturated heterocycles. The molecule has 368 valence electrons. The van der Waals surface area contributed by atoms with Gasteiger partial charge in [-0.2, -0.15) is 0 Å². The second kappa shape index (κ2) is 54.4. The van der Waals surface area contributed by atoms with E-state index in [0.717, 1.165) is 51.4 Å². The van der Waals surface area contributed by atoms with Crippen molar-refractivity contribution >= 4 is 5.91 Å². The highest BCUT2D eigenvalue weighted by atomic mass is 16.3. The summed E-state index contributed by atoms with van der Waals surface area (Å²) in [7, 11) is 0. The lowest BCUT2D eigenvalue weighted by Gasteiger charge is -2.20. The normalized spacial score (nSPS) is 13.3. The smallest absolute Gasteiger partial charge is 0.220 e. The summed E-state index contributed by atoms with van der Waals surface area (Å²) in [4.78, 5) is 12.4. The maximum absolute atomic E-state index is 12.4. The number of allylic oxidation sites excluding steroid dienone is 9. The van der Waals surface area contributed by atoms with Crippen molar-refractivity contribution in [2.45, 2.75) is 302 Å². The molecule has 1 amide bonds. The number of unbranched alkanes of at least 4 members (excludes halogenated alkanes) is 36. The second-order valence-corrected chi connectivity index (χ2v) is 19.0. The number of aliphatic hydroxyl groups is 2. The van der Waals surface area contributed by atoms with Gasteiger partial charge >= 0.3 is 0 Å². The Morgan fingerprint density at radius 3 is 1.05 bits per heavy atom. The molecular formula is C59H109NO3. The molecule has 0 rings (SSSR count). The van der Waals surface area contributed by atoms with Gasteiger partial charge in [0.15, 0.2) is 0 Å². The summed E-state index contributed by atoms with van der Waals surface area (Å²) in [6, 6.07) is -0.620. The minimum absolute atomic E-state index is 0.0610. The van der Waals surface area contributed by atoms with Crippen molar-refractivity contribution in [3.63, 3.8) is 0 Å². The van der Waals surface area contributed by atoms with E-state index in [1.165, 1.54) is 218 Å². The molecule has 0 aliphatic heterocycles. The van der Waals surface area contributed by atoms with Crippen LogP contribution in [0.15, 0.2) is 60.8 Å². The SMILES string of the molecule is CC/C=C\C/C=C\C/C=C\C/C=C\CCCCCCCCCCCCCCCCCCCCCCCCCCCCC(=O)NC(CO)C(O)/C=C/CCCCCCCCCCCC. The first-order valence-electron chi connectivity index (χ1n) is 28.0. The van der Waals surface area contributed by atoms with Crippen molar-refractivity contribution in [3.05, 3.63) is 60.8 Å². The first-order chi connectivity index (χ1) is 31.2. The standard InChI is InChI=1S/C59H109NO3/c1-3-5-7-9-11-13-15-17-18-19-20-21-22-23-24-25-26-27-28-29-30-31-32-33-34-35-36-37-38-39-40-41-42-43-45-47-49-51-53-55-59(63)60-57(56-61)58(62)54-52-50-48-46-44-16-14-12-10-8-6-4-2/h5,7,11,13,17-18,20-21,52,54,57-58,61-62H,3-4,6,8-10,12,14-16,19,22-51,53,55-56H2,1-2H3,(H,60,63)/b7-5-,13-11-,18-17-,21-20-,54-52+. The van der Waals surface area contributed by atoms with Crippen LogP contribution in [0.3, 0.4) is 0 Å². The summed E-state index contributed by atoms with van der Waals surface area (Å²) >= 11 is 0. The van der Waals surface area contributed by atoms with Crippen LogP contribution >= 0.6 is 0 Å². The van der Waals surface area contributed by atoms with E-state index in [1.54, 1.807) is 6.08 Å². The van der Waals surface area contributed by atoms with Crippen molar-refractivity contribution in [2.24, 2.45) is 0 Å². The summed E-state index contributed by atoms with van der Waals surface area (Å²) in [5.74, 6) is -0.0610. The molecule has 0 aromatic rings. The molecule has 0 aliphatic carbocycles. The van der Waals surface area contributed by atoms with Gasteiger partial charge in [0.25, 0.3) is 0 Å². The lowest BCUT2D eigenvalue weighted by molar-refractivity contribution is -0.123. The van der Waals surface area contributed by atoms with Gasteiger partial charge < -0.3 is 15.5 Å². The lowest BCUT2D eigenvalue weighted by Crippen LogP contribution is -2.45. The topological polar surface area (TPSA) is 69.6 Å². The van der Waals surface area contributed by atoms with Crippen LogP contribution in [0.4, 0.5) is 0 Å². The highest BCUT2D eigenvalue weighted by molar-refractivity contribution is 5.76. The number of carbonyl (C=O) groups excluding carboxylic acids is 1. The Balaban J connectivity index is 3.38. The molecule has 0 heterocycles. The van der Waals surface area contributed by atoms with Gasteiger partial charge in [-0.3, -0.25) is 4.79 Å². The fourth-order valence-electron chi connectivity index (χ4n) is 8.53. The molecule has 2 atom stereocenters. The van der Waals surface area contributed by atoms with E-state index in [4.69, 9.17) is 0 Å². The Kier molecular flexibility index (Phi) is 52.8. The van der Waals surface area contributed by atoms with Gasteiger partial charge in [0.05, 0.1) is 18.8 Å². The molecule has 0 bridgehead atoms. The molecule has 0 saturated carbocycles. The van der Waals surface area contributed by atoms with E-state index in [-0.39, 0.29) is 12.5 Å². The summed E-state index contributed by atoms with van der Waals surface area (Å²) in [5.41, 5.74) is 0. The number of hydrogen-bond acceptors (Lipinski definition) is 3. The zero-order valence-electron chi connectivity index (χ0n) is 42.3. The van der Waals surface area contributed by atoms with Crippen molar-refractivity contribution in [1.29, 1.82) is 0 Å². The Bertz CT molecular complexity index is 1040. The number of carbonyl (C=O) groups is 1. The van der Waals surface area contributed by atoms with E-state index < -0.39 is 12.1 Å². The fourth-order valence-corrected chi connectivity index (χ4v) is 8.53. The third-order valence-corrected chi connectivity index (χ3v) is 12.8. The minimum Gasteiger partial charge on any atom is -0.394 e. The summed E-state index contributed by atoms with van der Waals surface area (Å²) < 4.78 is 0. The molecule has 0 spiro atoms. The van der Waals surface area contributed by atoms with E-state index in [2.05, 4.69) is 67.8 Å². The average Bonchev–Trinajstić information content (AvgIpc) is 3.29. The van der Waals surface area contributed by atoms with Crippen molar-refractivity contribution < 1.29 is 15.0 Å². The molecule has 0 fully saturated rings. The van der Waals surface area contributed by atoms with Crippen molar-refractivity contribution in [1.82, 2.24) is 5.32 Å². The summed E-state index contributed by atoms with van der Waals surface area (Å²) in [6.45, 7) is 4.20. The van der Waals surface area contributed by atoms with Crippen LogP contribution in [0.2, 0.25) is 0 Å². The summed E-state index contributed by atoms with van der Waals surface area (Å²) in [6.07, 6.45) is 76.9. The van der Waals surface area contributed by atoms with Gasteiger partial charge in [0, 0.05) is 6.42 Å². The van der Waals surface area contributed by atoms with E-state index in [1.807, 2.05) is 6.08 Å². The molecule has 0 aromatic heterocycles. The third kappa shape index (κ3) is 50.9. The fraction of sp³-hybridized carbons (Fsp3) is 0.814. The highest BCUT2D eigenvalue weighted by Crippen LogP contribution is 2.17. The summed E-state index contributed by atoms with van der Waals surface area (Å²) in [5, 5.41) is 23.0. The Morgan fingerprint density at radius 1 is 0.397 bits per heavy atom. The predicted molar refractivity (Wildman–Crippen MR) is 281 cm³/mol. The van der Waals surface area contributed by atoms with Crippen LogP contribution in [-0.2, 0) is 4.79 Å². The second-order valence-electron chi connectivity index (χ2n) is 19.0. The van der Waals surface area contributed by atoms with Crippen molar-refractivity contribution in [3.8, 4) is 0 Å². The number of amides is 1. The van der Waals surface area contributed by atoms with Gasteiger partial charge in [-0.1, -0.05) is 286 Å². The molecule has 4 heteroatoms. The number of nitrogens with one attached hydrogen (secondary N) is 1. The minimum atomic E-state index is -0.836. The molecular weight excluding hydrogens is 771 g/mol. The molecule has 0 aliphatic rings. The monoisotopic (exact) mass is 880 g/mol. The zero-order valence-corrected chi connectivity index (χ0v) is 42.3. The highest BCUT2D eigenvalue weighted by Gasteiger charge is 2.18. The van der Waals surface area contributed by atoms with E-state index in [0.29, 0.717) is 6.42 Å². The molecule has 0 aromatic carbocycles. The van der Waals surface area contributed by atoms with E-state index >= 15 is 0 Å². The molecule has 2 unspecified atom stereocenters. The maximum atomic E-state index is 12.4. The van der Waals surface area contributed by atoms with Crippen LogP contribution in [0.5, 0.6) is 0 Å². The Labute approximate surface area is 394 Å². The molecule has 3 N–H and O–H groups in total. The Morgan fingerprint density at radius 2 is 0.698 bits per heavy atom. The van der Waals surface area contributed by atoms with Gasteiger partial charge in [0.1, 0.15) is 0 Å². The van der Waals surface area contributed by atoms with E-state index in [9.17, 15) is 15.0 Å². The van der Waals surface area contributed by atoms with Gasteiger partial charge in [0.2, 0.25) is 5.91 Å². The molecule has 0 radical (unpaired) electrons. The quantitative estimate of drug-likeness (QED) is 0.0421. The lowest BCUT2D eigenvalue weighted by atomic mass is 10.0. The number of aliphatic hydroxyl groups excluding tert-OH is 2. The average molecular weight is 881 g/mol. The van der Waals surface area contributed by atoms with Crippen LogP contribution in [0.1, 0.15) is 290 Å². The zero-order chi connectivity index (χ0) is 45.6. The molecule has 63 heavy (non-hydrogen) atoms. The predicted octanol–water partition coefficient (Wildman–Crippen LogP) is 18.4. The van der Waals surface area contributed by atoms with Gasteiger partial charge in [-0.25, -0.2) is 0 Å².